The number of hydrogen-bond donors (Lipinski definition) is 4. The fraction of sp³-hybridized carbons (Fsp3) is 0.286. The van der Waals surface area contributed by atoms with E-state index < -0.39 is 0 Å². The Kier molecular flexibility index (Phi) is 6.62. The maximum Gasteiger partial charge on any atom is 0.315 e. The average molecular weight is 379 g/mol. The maximum atomic E-state index is 11.9. The highest BCUT2D eigenvalue weighted by Gasteiger charge is 2.05. The van der Waals surface area contributed by atoms with Crippen LogP contribution in [0.25, 0.3) is 10.8 Å². The molecule has 7 nitrogen and oxygen atoms in total. The van der Waals surface area contributed by atoms with Crippen molar-refractivity contribution in [3.05, 3.63) is 70.0 Å². The van der Waals surface area contributed by atoms with E-state index in [2.05, 4.69) is 45.2 Å². The van der Waals surface area contributed by atoms with E-state index in [0.717, 1.165) is 23.8 Å². The van der Waals surface area contributed by atoms with Gasteiger partial charge in [-0.15, -0.1) is 0 Å². The predicted octanol–water partition coefficient (Wildman–Crippen LogP) is 2.79. The summed E-state index contributed by atoms with van der Waals surface area (Å²) in [6.07, 6.45) is 1.74. The van der Waals surface area contributed by atoms with Crippen LogP contribution < -0.4 is 21.5 Å². The molecule has 1 aromatic heterocycles. The van der Waals surface area contributed by atoms with Gasteiger partial charge in [-0.05, 0) is 30.0 Å². The van der Waals surface area contributed by atoms with E-state index >= 15 is 0 Å². The van der Waals surface area contributed by atoms with Crippen LogP contribution in [-0.2, 0) is 13.0 Å². The predicted molar refractivity (Wildman–Crippen MR) is 112 cm³/mol. The lowest BCUT2D eigenvalue weighted by Crippen LogP contribution is -2.36. The Morgan fingerprint density at radius 2 is 1.68 bits per heavy atom. The minimum atomic E-state index is -0.205. The van der Waals surface area contributed by atoms with E-state index in [9.17, 15) is 9.59 Å². The number of nitrogens with zero attached hydrogens (tertiary/aromatic N) is 1. The lowest BCUT2D eigenvalue weighted by Gasteiger charge is -2.10. The molecule has 7 heteroatoms. The molecule has 0 radical (unpaired) electrons. The Morgan fingerprint density at radius 1 is 0.964 bits per heavy atom. The Bertz CT molecular complexity index is 982. The highest BCUT2D eigenvalue weighted by molar-refractivity contribution is 5.90. The van der Waals surface area contributed by atoms with E-state index in [0.29, 0.717) is 30.8 Å². The fourth-order valence-electron chi connectivity index (χ4n) is 2.88. The second-order valence-electron chi connectivity index (χ2n) is 6.51. The average Bonchev–Trinajstić information content (AvgIpc) is 2.74. The van der Waals surface area contributed by atoms with Gasteiger partial charge < -0.3 is 16.0 Å². The van der Waals surface area contributed by atoms with Gasteiger partial charge in [0, 0.05) is 25.0 Å². The maximum absolute atomic E-state index is 11.9. The van der Waals surface area contributed by atoms with E-state index in [1.807, 2.05) is 30.3 Å². The van der Waals surface area contributed by atoms with Gasteiger partial charge in [0.2, 0.25) is 0 Å². The number of hydrogen-bond acceptors (Lipinski definition) is 4. The molecule has 0 aliphatic heterocycles. The van der Waals surface area contributed by atoms with E-state index in [4.69, 9.17) is 0 Å². The van der Waals surface area contributed by atoms with Crippen molar-refractivity contribution in [2.45, 2.75) is 26.3 Å². The van der Waals surface area contributed by atoms with Crippen LogP contribution in [0.5, 0.6) is 0 Å². The molecule has 3 rings (SSSR count). The lowest BCUT2D eigenvalue weighted by molar-refractivity contribution is 0.240. The lowest BCUT2D eigenvalue weighted by atomic mass is 10.1. The number of aromatic amines is 1. The first-order valence-electron chi connectivity index (χ1n) is 9.48. The van der Waals surface area contributed by atoms with Gasteiger partial charge in [-0.25, -0.2) is 9.89 Å². The second-order valence-corrected chi connectivity index (χ2v) is 6.51. The summed E-state index contributed by atoms with van der Waals surface area (Å²) in [4.78, 5) is 23.7. The number of carbonyl (C=O) groups excluding carboxylic acids is 1. The Morgan fingerprint density at radius 3 is 2.43 bits per heavy atom. The summed E-state index contributed by atoms with van der Waals surface area (Å²) in [6, 6.07) is 15.4. The van der Waals surface area contributed by atoms with Crippen LogP contribution in [0.15, 0.2) is 53.3 Å². The van der Waals surface area contributed by atoms with E-state index in [-0.39, 0.29) is 11.6 Å². The van der Waals surface area contributed by atoms with Crippen LogP contribution in [0, 0.1) is 0 Å². The number of rotatable bonds is 8. The van der Waals surface area contributed by atoms with E-state index in [1.54, 1.807) is 6.07 Å². The Hall–Kier alpha value is -3.35. The fourth-order valence-corrected chi connectivity index (χ4v) is 2.88. The molecular weight excluding hydrogens is 354 g/mol. The highest BCUT2D eigenvalue weighted by Crippen LogP contribution is 2.16. The molecule has 0 saturated heterocycles. The SMILES string of the molecule is CCc1ccc(CNC(=O)NCCCNc2n[nH]c(=O)c3ccccc23)cc1. The van der Waals surface area contributed by atoms with Crippen molar-refractivity contribution in [1.29, 1.82) is 0 Å². The summed E-state index contributed by atoms with van der Waals surface area (Å²) < 4.78 is 0. The number of aromatic nitrogens is 2. The largest absolute Gasteiger partial charge is 0.368 e. The second kappa shape index (κ2) is 9.55. The molecule has 0 atom stereocenters. The first-order chi connectivity index (χ1) is 13.7. The number of carbonyl (C=O) groups is 1. The molecule has 0 aliphatic carbocycles. The van der Waals surface area contributed by atoms with Crippen LogP contribution >= 0.6 is 0 Å². The molecule has 0 aliphatic rings. The minimum Gasteiger partial charge on any atom is -0.368 e. The monoisotopic (exact) mass is 379 g/mol. The summed E-state index contributed by atoms with van der Waals surface area (Å²) >= 11 is 0. The summed E-state index contributed by atoms with van der Waals surface area (Å²) in [5, 5.41) is 16.8. The van der Waals surface area contributed by atoms with Crippen LogP contribution in [0.3, 0.4) is 0 Å². The zero-order chi connectivity index (χ0) is 19.8. The Balaban J connectivity index is 1.38. The molecule has 2 amide bonds. The number of H-pyrrole nitrogens is 1. The zero-order valence-corrected chi connectivity index (χ0v) is 15.9. The summed E-state index contributed by atoms with van der Waals surface area (Å²) in [6.45, 7) is 3.78. The number of urea groups is 1. The van der Waals surface area contributed by atoms with Crippen molar-refractivity contribution in [3.63, 3.8) is 0 Å². The molecule has 4 N–H and O–H groups in total. The number of benzene rings is 2. The van der Waals surface area contributed by atoms with Gasteiger partial charge in [-0.1, -0.05) is 49.4 Å². The highest BCUT2D eigenvalue weighted by atomic mass is 16.2. The third-order valence-electron chi connectivity index (χ3n) is 4.51. The molecule has 1 heterocycles. The van der Waals surface area contributed by atoms with Crippen LogP contribution in [0.2, 0.25) is 0 Å². The third kappa shape index (κ3) is 5.09. The van der Waals surface area contributed by atoms with Crippen LogP contribution in [0.4, 0.5) is 10.6 Å². The first kappa shape index (κ1) is 19.4. The van der Waals surface area contributed by atoms with Crippen molar-refractivity contribution in [2.75, 3.05) is 18.4 Å². The van der Waals surface area contributed by atoms with Gasteiger partial charge in [0.05, 0.1) is 5.39 Å². The van der Waals surface area contributed by atoms with Gasteiger partial charge in [-0.2, -0.15) is 5.10 Å². The normalized spacial score (nSPS) is 10.6. The summed E-state index contributed by atoms with van der Waals surface area (Å²) in [7, 11) is 0. The molecule has 0 bridgehead atoms. The van der Waals surface area contributed by atoms with Crippen molar-refractivity contribution in [1.82, 2.24) is 20.8 Å². The molecular formula is C21H25N5O2. The molecule has 0 unspecified atom stereocenters. The van der Waals surface area contributed by atoms with Crippen LogP contribution in [0.1, 0.15) is 24.5 Å². The molecule has 0 saturated carbocycles. The summed E-state index contributed by atoms with van der Waals surface area (Å²) in [5.74, 6) is 0.634. The summed E-state index contributed by atoms with van der Waals surface area (Å²) in [5.41, 5.74) is 2.15. The van der Waals surface area contributed by atoms with Crippen molar-refractivity contribution < 1.29 is 4.79 Å². The molecule has 146 valence electrons. The molecule has 0 spiro atoms. The smallest absolute Gasteiger partial charge is 0.315 e. The minimum absolute atomic E-state index is 0.188. The quantitative estimate of drug-likeness (QED) is 0.452. The third-order valence-corrected chi connectivity index (χ3v) is 4.51. The topological polar surface area (TPSA) is 98.9 Å². The first-order valence-corrected chi connectivity index (χ1v) is 9.48. The number of fused-ring (bicyclic) bond motifs is 1. The standard InChI is InChI=1S/C21H25N5O2/c1-2-15-8-10-16(11-9-15)14-24-21(28)23-13-5-12-22-19-17-6-3-4-7-18(17)20(27)26-25-19/h3-4,6-11H,2,5,12-14H2,1H3,(H,22,25)(H,26,27)(H2,23,24,28). The van der Waals surface area contributed by atoms with Gasteiger partial charge in [0.15, 0.2) is 5.82 Å². The zero-order valence-electron chi connectivity index (χ0n) is 15.9. The number of anilines is 1. The van der Waals surface area contributed by atoms with Gasteiger partial charge >= 0.3 is 6.03 Å². The molecule has 0 fully saturated rings. The number of amides is 2. The van der Waals surface area contributed by atoms with Gasteiger partial charge in [0.1, 0.15) is 0 Å². The molecule has 28 heavy (non-hydrogen) atoms. The molecule has 3 aromatic rings. The van der Waals surface area contributed by atoms with Gasteiger partial charge in [0.25, 0.3) is 5.56 Å². The van der Waals surface area contributed by atoms with Gasteiger partial charge in [-0.3, -0.25) is 4.79 Å². The molecule has 2 aromatic carbocycles. The van der Waals surface area contributed by atoms with Crippen molar-refractivity contribution in [3.8, 4) is 0 Å². The number of aryl methyl sites for hydroxylation is 1. The van der Waals surface area contributed by atoms with E-state index in [1.165, 1.54) is 5.56 Å². The van der Waals surface area contributed by atoms with Crippen molar-refractivity contribution >= 4 is 22.6 Å². The van der Waals surface area contributed by atoms with Crippen LogP contribution in [-0.4, -0.2) is 29.3 Å². The number of nitrogens with one attached hydrogen (secondary N) is 4. The van der Waals surface area contributed by atoms with Crippen molar-refractivity contribution in [2.24, 2.45) is 0 Å². The Labute approximate surface area is 163 Å².